The van der Waals surface area contributed by atoms with Crippen molar-refractivity contribution in [1.82, 2.24) is 9.80 Å². The largest absolute Gasteiger partial charge is 0.305 e. The first-order chi connectivity index (χ1) is 7.27. The minimum Gasteiger partial charge on any atom is -0.305 e. The van der Waals surface area contributed by atoms with E-state index in [9.17, 15) is 0 Å². The van der Waals surface area contributed by atoms with E-state index >= 15 is 0 Å². The van der Waals surface area contributed by atoms with Crippen LogP contribution in [0.4, 0.5) is 0 Å². The number of piperidine rings is 1. The summed E-state index contributed by atoms with van der Waals surface area (Å²) in [6, 6.07) is 1.72. The Morgan fingerprint density at radius 3 is 2.33 bits per heavy atom. The summed E-state index contributed by atoms with van der Waals surface area (Å²) in [4.78, 5) is 5.18. The van der Waals surface area contributed by atoms with Gasteiger partial charge in [-0.15, -0.1) is 0 Å². The summed E-state index contributed by atoms with van der Waals surface area (Å²) in [7, 11) is 4.46. The van der Waals surface area contributed by atoms with Gasteiger partial charge in [0.2, 0.25) is 0 Å². The highest BCUT2D eigenvalue weighted by Gasteiger charge is 2.27. The van der Waals surface area contributed by atoms with Crippen LogP contribution in [0.2, 0.25) is 0 Å². The first kappa shape index (κ1) is 11.4. The van der Waals surface area contributed by atoms with Gasteiger partial charge in [0.15, 0.2) is 0 Å². The van der Waals surface area contributed by atoms with Crippen LogP contribution in [0.5, 0.6) is 0 Å². The summed E-state index contributed by atoms with van der Waals surface area (Å²) in [5.41, 5.74) is 0. The van der Waals surface area contributed by atoms with Crippen LogP contribution in [0.1, 0.15) is 44.9 Å². The summed E-state index contributed by atoms with van der Waals surface area (Å²) < 4.78 is 0. The fourth-order valence-corrected chi connectivity index (χ4v) is 3.18. The van der Waals surface area contributed by atoms with Crippen molar-refractivity contribution in [2.24, 2.45) is 0 Å². The highest BCUT2D eigenvalue weighted by Crippen LogP contribution is 2.25. The molecule has 0 spiro atoms. The molecule has 2 rings (SSSR count). The molecule has 2 nitrogen and oxygen atoms in total. The van der Waals surface area contributed by atoms with Gasteiger partial charge in [0.25, 0.3) is 0 Å². The molecule has 0 aromatic rings. The maximum absolute atomic E-state index is 2.77. The van der Waals surface area contributed by atoms with E-state index in [1.54, 1.807) is 0 Å². The molecule has 1 heterocycles. The lowest BCUT2D eigenvalue weighted by atomic mass is 9.92. The Balaban J connectivity index is 1.85. The van der Waals surface area contributed by atoms with Crippen LogP contribution < -0.4 is 0 Å². The van der Waals surface area contributed by atoms with Crippen molar-refractivity contribution in [2.45, 2.75) is 57.0 Å². The topological polar surface area (TPSA) is 6.48 Å². The van der Waals surface area contributed by atoms with E-state index in [4.69, 9.17) is 0 Å². The monoisotopic (exact) mass is 210 g/mol. The SMILES string of the molecule is CN(C)C1CCCN(C2CCCCC2)C1. The van der Waals surface area contributed by atoms with Gasteiger partial charge >= 0.3 is 0 Å². The molecule has 0 N–H and O–H groups in total. The van der Waals surface area contributed by atoms with Crippen LogP contribution in [0.25, 0.3) is 0 Å². The van der Waals surface area contributed by atoms with Crippen LogP contribution in [0.3, 0.4) is 0 Å². The van der Waals surface area contributed by atoms with Crippen molar-refractivity contribution in [3.05, 3.63) is 0 Å². The number of nitrogens with zero attached hydrogens (tertiary/aromatic N) is 2. The molecule has 0 radical (unpaired) electrons. The second-order valence-corrected chi connectivity index (χ2v) is 5.55. The Labute approximate surface area is 94.6 Å². The molecule has 0 aromatic heterocycles. The molecule has 0 aromatic carbocycles. The maximum Gasteiger partial charge on any atom is 0.0217 e. The van der Waals surface area contributed by atoms with Crippen molar-refractivity contribution < 1.29 is 0 Å². The lowest BCUT2D eigenvalue weighted by molar-refractivity contribution is 0.0786. The molecule has 1 unspecified atom stereocenters. The van der Waals surface area contributed by atoms with E-state index in [0.717, 1.165) is 12.1 Å². The van der Waals surface area contributed by atoms with E-state index in [1.165, 1.54) is 58.0 Å². The Kier molecular flexibility index (Phi) is 4.04. The molecular formula is C13H26N2. The highest BCUT2D eigenvalue weighted by atomic mass is 15.2. The molecule has 1 aliphatic heterocycles. The summed E-state index contributed by atoms with van der Waals surface area (Å²) in [5, 5.41) is 0. The van der Waals surface area contributed by atoms with E-state index in [1.807, 2.05) is 0 Å². The Bertz CT molecular complexity index is 185. The number of rotatable bonds is 2. The maximum atomic E-state index is 2.77. The van der Waals surface area contributed by atoms with Crippen molar-refractivity contribution in [1.29, 1.82) is 0 Å². The normalized spacial score (nSPS) is 31.0. The third kappa shape index (κ3) is 2.94. The van der Waals surface area contributed by atoms with Gasteiger partial charge in [-0.2, -0.15) is 0 Å². The van der Waals surface area contributed by atoms with Gasteiger partial charge in [0.1, 0.15) is 0 Å². The fourth-order valence-electron chi connectivity index (χ4n) is 3.18. The van der Waals surface area contributed by atoms with Gasteiger partial charge in [0, 0.05) is 18.6 Å². The van der Waals surface area contributed by atoms with Crippen LogP contribution in [-0.2, 0) is 0 Å². The predicted octanol–water partition coefficient (Wildman–Crippen LogP) is 2.35. The van der Waals surface area contributed by atoms with Crippen LogP contribution in [-0.4, -0.2) is 49.1 Å². The standard InChI is InChI=1S/C13H26N2/c1-14(2)13-9-6-10-15(11-13)12-7-4-3-5-8-12/h12-13H,3-11H2,1-2H3. The molecule has 15 heavy (non-hydrogen) atoms. The van der Waals surface area contributed by atoms with E-state index in [2.05, 4.69) is 23.9 Å². The summed E-state index contributed by atoms with van der Waals surface area (Å²) in [6.45, 7) is 2.67. The van der Waals surface area contributed by atoms with Crippen LogP contribution >= 0.6 is 0 Å². The zero-order chi connectivity index (χ0) is 10.7. The van der Waals surface area contributed by atoms with Crippen molar-refractivity contribution in [3.63, 3.8) is 0 Å². The van der Waals surface area contributed by atoms with Gasteiger partial charge in [-0.1, -0.05) is 19.3 Å². The molecule has 1 aliphatic carbocycles. The summed E-state index contributed by atoms with van der Waals surface area (Å²) in [5.74, 6) is 0. The van der Waals surface area contributed by atoms with Gasteiger partial charge in [-0.3, -0.25) is 4.90 Å². The molecule has 0 bridgehead atoms. The number of hydrogen-bond acceptors (Lipinski definition) is 2. The molecular weight excluding hydrogens is 184 g/mol. The highest BCUT2D eigenvalue weighted by molar-refractivity contribution is 4.84. The minimum atomic E-state index is 0.806. The van der Waals surface area contributed by atoms with Gasteiger partial charge < -0.3 is 4.90 Å². The summed E-state index contributed by atoms with van der Waals surface area (Å²) >= 11 is 0. The third-order valence-electron chi connectivity index (χ3n) is 4.25. The molecule has 1 saturated carbocycles. The van der Waals surface area contributed by atoms with Crippen molar-refractivity contribution in [2.75, 3.05) is 27.2 Å². The minimum absolute atomic E-state index is 0.806. The fraction of sp³-hybridized carbons (Fsp3) is 1.00. The lowest BCUT2D eigenvalue weighted by Gasteiger charge is -2.41. The predicted molar refractivity (Wildman–Crippen MR) is 65.2 cm³/mol. The average molecular weight is 210 g/mol. The second-order valence-electron chi connectivity index (χ2n) is 5.55. The van der Waals surface area contributed by atoms with Crippen molar-refractivity contribution in [3.8, 4) is 0 Å². The molecule has 1 saturated heterocycles. The van der Waals surface area contributed by atoms with E-state index in [0.29, 0.717) is 0 Å². The molecule has 88 valence electrons. The zero-order valence-corrected chi connectivity index (χ0v) is 10.4. The number of likely N-dealkylation sites (N-methyl/N-ethyl adjacent to an activating group) is 1. The number of likely N-dealkylation sites (tertiary alicyclic amines) is 1. The first-order valence-electron chi connectivity index (χ1n) is 6.68. The Morgan fingerprint density at radius 1 is 0.933 bits per heavy atom. The van der Waals surface area contributed by atoms with Gasteiger partial charge in [-0.05, 0) is 46.3 Å². The van der Waals surface area contributed by atoms with Gasteiger partial charge in [0.05, 0.1) is 0 Å². The van der Waals surface area contributed by atoms with Gasteiger partial charge in [-0.25, -0.2) is 0 Å². The van der Waals surface area contributed by atoms with E-state index < -0.39 is 0 Å². The smallest absolute Gasteiger partial charge is 0.0217 e. The molecule has 2 aliphatic rings. The molecule has 0 amide bonds. The van der Waals surface area contributed by atoms with Crippen molar-refractivity contribution >= 4 is 0 Å². The lowest BCUT2D eigenvalue weighted by Crippen LogP contribution is -2.49. The molecule has 1 atom stereocenters. The Hall–Kier alpha value is -0.0800. The van der Waals surface area contributed by atoms with Crippen LogP contribution in [0.15, 0.2) is 0 Å². The second kappa shape index (κ2) is 5.31. The quantitative estimate of drug-likeness (QED) is 0.690. The average Bonchev–Trinajstić information content (AvgIpc) is 2.30. The summed E-state index contributed by atoms with van der Waals surface area (Å²) in [6.07, 6.45) is 10.1. The number of hydrogen-bond donors (Lipinski definition) is 0. The third-order valence-corrected chi connectivity index (χ3v) is 4.25. The molecule has 2 fully saturated rings. The zero-order valence-electron chi connectivity index (χ0n) is 10.4. The van der Waals surface area contributed by atoms with Crippen LogP contribution in [0, 0.1) is 0 Å². The molecule has 2 heteroatoms. The van der Waals surface area contributed by atoms with E-state index in [-0.39, 0.29) is 0 Å². The Morgan fingerprint density at radius 2 is 1.67 bits per heavy atom. The first-order valence-corrected chi connectivity index (χ1v) is 6.68.